The lowest BCUT2D eigenvalue weighted by Crippen LogP contribution is -2.54. The monoisotopic (exact) mass is 535 g/mol. The van der Waals surface area contributed by atoms with Gasteiger partial charge in [-0.1, -0.05) is 60.7 Å². The number of carbonyl (C=O) groups excluding carboxylic acids is 2. The predicted molar refractivity (Wildman–Crippen MR) is 151 cm³/mol. The largest absolute Gasteiger partial charge is 0.350 e. The molecule has 8 heteroatoms. The van der Waals surface area contributed by atoms with E-state index in [0.717, 1.165) is 21.0 Å². The van der Waals surface area contributed by atoms with Gasteiger partial charge in [0.25, 0.3) is 10.0 Å². The van der Waals surface area contributed by atoms with Gasteiger partial charge in [-0.15, -0.1) is 0 Å². The maximum Gasteiger partial charge on any atom is 0.264 e. The van der Waals surface area contributed by atoms with Crippen LogP contribution in [-0.2, 0) is 26.2 Å². The SMILES string of the molecule is Cc1cccc(N(CC(=O)N(Cc2ccccc2)C(C)C(=O)NC(C)(C)C)S(=O)(=O)c2ccccc2)c1C. The average Bonchev–Trinajstić information content (AvgIpc) is 2.87. The molecule has 0 saturated carbocycles. The first kappa shape index (κ1) is 28.9. The summed E-state index contributed by atoms with van der Waals surface area (Å²) in [6.45, 7) is 10.7. The summed E-state index contributed by atoms with van der Waals surface area (Å²) in [5.41, 5.74) is 2.43. The van der Waals surface area contributed by atoms with Gasteiger partial charge >= 0.3 is 0 Å². The molecular weight excluding hydrogens is 498 g/mol. The Morgan fingerprint density at radius 1 is 0.868 bits per heavy atom. The van der Waals surface area contributed by atoms with E-state index in [1.807, 2.05) is 71.0 Å². The summed E-state index contributed by atoms with van der Waals surface area (Å²) in [5.74, 6) is -0.795. The zero-order chi connectivity index (χ0) is 28.1. The molecule has 1 N–H and O–H groups in total. The molecule has 7 nitrogen and oxygen atoms in total. The first-order valence-corrected chi connectivity index (χ1v) is 14.0. The van der Waals surface area contributed by atoms with Gasteiger partial charge in [0, 0.05) is 12.1 Å². The molecule has 0 aliphatic heterocycles. The van der Waals surface area contributed by atoms with E-state index in [2.05, 4.69) is 5.32 Å². The normalized spacial score (nSPS) is 12.5. The molecule has 0 aliphatic rings. The van der Waals surface area contributed by atoms with Gasteiger partial charge in [0.1, 0.15) is 12.6 Å². The van der Waals surface area contributed by atoms with E-state index in [-0.39, 0.29) is 17.3 Å². The Hall–Kier alpha value is -3.65. The smallest absolute Gasteiger partial charge is 0.264 e. The fourth-order valence-corrected chi connectivity index (χ4v) is 5.57. The van der Waals surface area contributed by atoms with Gasteiger partial charge in [0.15, 0.2) is 0 Å². The van der Waals surface area contributed by atoms with Crippen molar-refractivity contribution in [3.63, 3.8) is 0 Å². The Labute approximate surface area is 226 Å². The molecule has 1 atom stereocenters. The Morgan fingerprint density at radius 2 is 1.45 bits per heavy atom. The quantitative estimate of drug-likeness (QED) is 0.425. The average molecular weight is 536 g/mol. The standard InChI is InChI=1S/C30H37N3O4S/c1-22-14-13-19-27(23(22)2)33(38(36,37)26-17-11-8-12-18-26)21-28(34)32(20-25-15-9-7-10-16-25)24(3)29(35)31-30(4,5)6/h7-19,24H,20-21H2,1-6H3,(H,31,35). The van der Waals surface area contributed by atoms with Crippen molar-refractivity contribution in [3.8, 4) is 0 Å². The molecule has 38 heavy (non-hydrogen) atoms. The van der Waals surface area contributed by atoms with Crippen LogP contribution in [0.15, 0.2) is 83.8 Å². The van der Waals surface area contributed by atoms with Crippen LogP contribution in [0.3, 0.4) is 0 Å². The number of sulfonamides is 1. The Morgan fingerprint density at radius 3 is 2.03 bits per heavy atom. The van der Waals surface area contributed by atoms with Crippen molar-refractivity contribution < 1.29 is 18.0 Å². The first-order chi connectivity index (χ1) is 17.8. The van der Waals surface area contributed by atoms with Crippen LogP contribution in [0.2, 0.25) is 0 Å². The van der Waals surface area contributed by atoms with E-state index >= 15 is 0 Å². The van der Waals surface area contributed by atoms with Gasteiger partial charge in [0.05, 0.1) is 10.6 Å². The van der Waals surface area contributed by atoms with Crippen LogP contribution in [0, 0.1) is 13.8 Å². The lowest BCUT2D eigenvalue weighted by atomic mass is 10.1. The summed E-state index contributed by atoms with van der Waals surface area (Å²) in [6, 6.07) is 21.9. The molecular formula is C30H37N3O4S. The van der Waals surface area contributed by atoms with Gasteiger partial charge in [-0.3, -0.25) is 13.9 Å². The molecule has 0 radical (unpaired) electrons. The second kappa shape index (κ2) is 11.8. The van der Waals surface area contributed by atoms with Gasteiger partial charge < -0.3 is 10.2 Å². The van der Waals surface area contributed by atoms with Gasteiger partial charge in [0.2, 0.25) is 11.8 Å². The van der Waals surface area contributed by atoms with Gasteiger partial charge in [-0.2, -0.15) is 0 Å². The molecule has 3 aromatic carbocycles. The highest BCUT2D eigenvalue weighted by Gasteiger charge is 2.33. The van der Waals surface area contributed by atoms with Gasteiger partial charge in [-0.05, 0) is 76.4 Å². The number of rotatable bonds is 9. The summed E-state index contributed by atoms with van der Waals surface area (Å²) < 4.78 is 28.9. The first-order valence-electron chi connectivity index (χ1n) is 12.6. The van der Waals surface area contributed by atoms with Crippen LogP contribution < -0.4 is 9.62 Å². The van der Waals surface area contributed by atoms with E-state index in [0.29, 0.717) is 5.69 Å². The highest BCUT2D eigenvalue weighted by atomic mass is 32.2. The molecule has 0 spiro atoms. The lowest BCUT2D eigenvalue weighted by Gasteiger charge is -2.34. The third-order valence-electron chi connectivity index (χ3n) is 6.32. The molecule has 0 aromatic heterocycles. The summed E-state index contributed by atoms with van der Waals surface area (Å²) in [5, 5.41) is 2.93. The number of benzene rings is 3. The van der Waals surface area contributed by atoms with Crippen LogP contribution in [0.4, 0.5) is 5.69 Å². The van der Waals surface area contributed by atoms with E-state index in [9.17, 15) is 18.0 Å². The summed E-state index contributed by atoms with van der Waals surface area (Å²) in [7, 11) is -4.08. The molecule has 1 unspecified atom stereocenters. The highest BCUT2D eigenvalue weighted by Crippen LogP contribution is 2.29. The summed E-state index contributed by atoms with van der Waals surface area (Å²) in [4.78, 5) is 28.6. The molecule has 0 heterocycles. The molecule has 2 amide bonds. The molecule has 0 aliphatic carbocycles. The number of hydrogen-bond donors (Lipinski definition) is 1. The third kappa shape index (κ3) is 7.01. The fourth-order valence-electron chi connectivity index (χ4n) is 4.08. The molecule has 3 rings (SSSR count). The van der Waals surface area contributed by atoms with E-state index < -0.39 is 34.1 Å². The highest BCUT2D eigenvalue weighted by molar-refractivity contribution is 7.92. The maximum absolute atomic E-state index is 14.0. The van der Waals surface area contributed by atoms with Crippen LogP contribution in [-0.4, -0.2) is 43.3 Å². The van der Waals surface area contributed by atoms with Crippen molar-refractivity contribution in [1.82, 2.24) is 10.2 Å². The van der Waals surface area contributed by atoms with Crippen LogP contribution >= 0.6 is 0 Å². The molecule has 0 saturated heterocycles. The second-order valence-corrected chi connectivity index (χ2v) is 12.3. The minimum atomic E-state index is -4.08. The Bertz CT molecular complexity index is 1370. The van der Waals surface area contributed by atoms with Crippen molar-refractivity contribution in [2.45, 2.75) is 64.6 Å². The number of hydrogen-bond acceptors (Lipinski definition) is 4. The molecule has 0 bridgehead atoms. The van der Waals surface area contributed by atoms with E-state index in [1.54, 1.807) is 37.3 Å². The minimum Gasteiger partial charge on any atom is -0.350 e. The molecule has 202 valence electrons. The zero-order valence-corrected chi connectivity index (χ0v) is 23.7. The molecule has 0 fully saturated rings. The second-order valence-electron chi connectivity index (χ2n) is 10.5. The van der Waals surface area contributed by atoms with E-state index in [1.165, 1.54) is 17.0 Å². The molecule has 3 aromatic rings. The Balaban J connectivity index is 2.06. The predicted octanol–water partition coefficient (Wildman–Crippen LogP) is 4.83. The fraction of sp³-hybridized carbons (Fsp3) is 0.333. The van der Waals surface area contributed by atoms with Crippen molar-refractivity contribution in [2.24, 2.45) is 0 Å². The number of nitrogens with one attached hydrogen (secondary N) is 1. The minimum absolute atomic E-state index is 0.0850. The van der Waals surface area contributed by atoms with Crippen LogP contribution in [0.25, 0.3) is 0 Å². The number of amides is 2. The number of carbonyl (C=O) groups is 2. The third-order valence-corrected chi connectivity index (χ3v) is 8.09. The summed E-state index contributed by atoms with van der Waals surface area (Å²) in [6.07, 6.45) is 0. The van der Waals surface area contributed by atoms with Crippen molar-refractivity contribution >= 4 is 27.5 Å². The zero-order valence-electron chi connectivity index (χ0n) is 22.9. The summed E-state index contributed by atoms with van der Waals surface area (Å²) >= 11 is 0. The number of anilines is 1. The van der Waals surface area contributed by atoms with Crippen molar-refractivity contribution in [3.05, 3.63) is 95.6 Å². The number of aryl methyl sites for hydroxylation is 1. The van der Waals surface area contributed by atoms with Crippen molar-refractivity contribution in [2.75, 3.05) is 10.8 Å². The van der Waals surface area contributed by atoms with E-state index in [4.69, 9.17) is 0 Å². The topological polar surface area (TPSA) is 86.8 Å². The van der Waals surface area contributed by atoms with Crippen LogP contribution in [0.1, 0.15) is 44.4 Å². The Kier molecular flexibility index (Phi) is 8.99. The maximum atomic E-state index is 14.0. The van der Waals surface area contributed by atoms with Gasteiger partial charge in [-0.25, -0.2) is 8.42 Å². The lowest BCUT2D eigenvalue weighted by molar-refractivity contribution is -0.140. The van der Waals surface area contributed by atoms with Crippen molar-refractivity contribution in [1.29, 1.82) is 0 Å². The van der Waals surface area contributed by atoms with Crippen LogP contribution in [0.5, 0.6) is 0 Å². The number of nitrogens with zero attached hydrogens (tertiary/aromatic N) is 2.